The van der Waals surface area contributed by atoms with Crippen molar-refractivity contribution in [3.8, 4) is 0 Å². The minimum atomic E-state index is -0.111. The number of hydrogen-bond donors (Lipinski definition) is 3. The van der Waals surface area contributed by atoms with Crippen LogP contribution in [0.15, 0.2) is 20.9 Å². The normalized spacial score (nSPS) is 22.5. The molecule has 0 amide bonds. The quantitative estimate of drug-likeness (QED) is 0.307. The van der Waals surface area contributed by atoms with Gasteiger partial charge < -0.3 is 15.7 Å². The summed E-state index contributed by atoms with van der Waals surface area (Å²) in [7, 11) is 0. The van der Waals surface area contributed by atoms with E-state index < -0.39 is 0 Å². The second kappa shape index (κ2) is 10.1. The van der Waals surface area contributed by atoms with Gasteiger partial charge in [-0.05, 0) is 39.0 Å². The van der Waals surface area contributed by atoms with Crippen molar-refractivity contribution in [3.63, 3.8) is 0 Å². The second-order valence-corrected chi connectivity index (χ2v) is 7.65. The molecule has 0 radical (unpaired) electrons. The zero-order valence-corrected chi connectivity index (χ0v) is 14.8. The highest BCUT2D eigenvalue weighted by Crippen LogP contribution is 2.20. The molecule has 2 rings (SSSR count). The van der Waals surface area contributed by atoms with Crippen LogP contribution in [0.25, 0.3) is 0 Å². The topological polar surface area (TPSA) is 69.5 Å². The molecule has 0 aliphatic heterocycles. The van der Waals surface area contributed by atoms with Gasteiger partial charge in [0.2, 0.25) is 0 Å². The molecule has 0 aromatic carbocycles. The number of hydrogen-bond acceptors (Lipinski definition) is 5. The molecule has 1 heterocycles. The smallest absolute Gasteiger partial charge is 0.191 e. The Hall–Kier alpha value is -0.790. The van der Waals surface area contributed by atoms with Crippen molar-refractivity contribution in [3.05, 3.63) is 11.6 Å². The summed E-state index contributed by atoms with van der Waals surface area (Å²) < 4.78 is 1.13. The molecule has 22 heavy (non-hydrogen) atoms. The first kappa shape index (κ1) is 17.6. The molecule has 1 saturated carbocycles. The maximum absolute atomic E-state index is 9.56. The van der Waals surface area contributed by atoms with Crippen LogP contribution in [-0.2, 0) is 0 Å². The van der Waals surface area contributed by atoms with E-state index in [2.05, 4.69) is 27.5 Å². The number of guanidine groups is 1. The second-order valence-electron chi connectivity index (χ2n) is 5.41. The van der Waals surface area contributed by atoms with Gasteiger partial charge in [0.1, 0.15) is 4.34 Å². The van der Waals surface area contributed by atoms with Gasteiger partial charge in [-0.25, -0.2) is 4.98 Å². The Kier molecular flexibility index (Phi) is 8.04. The number of aromatic nitrogens is 1. The van der Waals surface area contributed by atoms with Crippen molar-refractivity contribution in [1.29, 1.82) is 0 Å². The van der Waals surface area contributed by atoms with E-state index in [1.54, 1.807) is 23.1 Å². The van der Waals surface area contributed by atoms with Crippen LogP contribution in [0.3, 0.4) is 0 Å². The van der Waals surface area contributed by atoms with E-state index in [9.17, 15) is 5.11 Å². The average Bonchev–Trinajstić information content (AvgIpc) is 3.02. The number of thioether (sulfide) groups is 1. The van der Waals surface area contributed by atoms with Gasteiger partial charge in [0.15, 0.2) is 5.96 Å². The first-order chi connectivity index (χ1) is 10.8. The molecule has 0 saturated heterocycles. The third kappa shape index (κ3) is 6.54. The van der Waals surface area contributed by atoms with Gasteiger partial charge in [-0.15, -0.1) is 11.3 Å². The lowest BCUT2D eigenvalue weighted by atomic mass is 9.93. The maximum Gasteiger partial charge on any atom is 0.191 e. The van der Waals surface area contributed by atoms with Crippen molar-refractivity contribution in [1.82, 2.24) is 15.6 Å². The summed E-state index contributed by atoms with van der Waals surface area (Å²) in [6, 6.07) is 0.436. The number of rotatable bonds is 7. The molecule has 0 spiro atoms. The number of aliphatic imine (C=N–C) groups is 1. The summed E-state index contributed by atoms with van der Waals surface area (Å²) in [5.41, 5.74) is 0. The SMILES string of the molecule is CCNC(=NCCCSc1nccs1)NC1CCC(O)CC1. The highest BCUT2D eigenvalue weighted by molar-refractivity contribution is 8.00. The fourth-order valence-corrected chi connectivity index (χ4v) is 4.06. The first-order valence-corrected chi connectivity index (χ1v) is 9.89. The highest BCUT2D eigenvalue weighted by Gasteiger charge is 2.19. The first-order valence-electron chi connectivity index (χ1n) is 8.03. The van der Waals surface area contributed by atoms with Gasteiger partial charge in [-0.3, -0.25) is 4.99 Å². The lowest BCUT2D eigenvalue weighted by molar-refractivity contribution is 0.120. The Bertz CT molecular complexity index is 431. The fraction of sp³-hybridized carbons (Fsp3) is 0.733. The molecule has 1 aromatic rings. The third-order valence-electron chi connectivity index (χ3n) is 3.59. The van der Waals surface area contributed by atoms with E-state index in [0.717, 1.165) is 61.2 Å². The lowest BCUT2D eigenvalue weighted by Gasteiger charge is -2.27. The third-order valence-corrected chi connectivity index (χ3v) is 5.64. The Labute approximate surface area is 141 Å². The van der Waals surface area contributed by atoms with Crippen LogP contribution in [-0.4, -0.2) is 47.0 Å². The molecule has 3 N–H and O–H groups in total. The summed E-state index contributed by atoms with van der Waals surface area (Å²) in [6.45, 7) is 3.78. The summed E-state index contributed by atoms with van der Waals surface area (Å²) in [6.07, 6.45) is 6.60. The van der Waals surface area contributed by atoms with Crippen molar-refractivity contribution in [2.24, 2.45) is 4.99 Å². The Balaban J connectivity index is 1.67. The van der Waals surface area contributed by atoms with E-state index in [1.807, 2.05) is 11.6 Å². The predicted molar refractivity (Wildman–Crippen MR) is 94.8 cm³/mol. The van der Waals surface area contributed by atoms with Gasteiger partial charge in [0.05, 0.1) is 6.10 Å². The van der Waals surface area contributed by atoms with Gasteiger partial charge >= 0.3 is 0 Å². The minimum absolute atomic E-state index is 0.111. The van der Waals surface area contributed by atoms with E-state index >= 15 is 0 Å². The highest BCUT2D eigenvalue weighted by atomic mass is 32.2. The van der Waals surface area contributed by atoms with Gasteiger partial charge in [-0.1, -0.05) is 11.8 Å². The lowest BCUT2D eigenvalue weighted by Crippen LogP contribution is -2.45. The zero-order valence-electron chi connectivity index (χ0n) is 13.1. The maximum atomic E-state index is 9.56. The summed E-state index contributed by atoms with van der Waals surface area (Å²) in [5.74, 6) is 1.95. The molecule has 1 aliphatic rings. The molecule has 0 atom stereocenters. The van der Waals surface area contributed by atoms with E-state index in [0.29, 0.717) is 6.04 Å². The summed E-state index contributed by atoms with van der Waals surface area (Å²) in [5, 5.41) is 18.4. The van der Waals surface area contributed by atoms with Crippen molar-refractivity contribution >= 4 is 29.1 Å². The molecule has 5 nitrogen and oxygen atoms in total. The average molecular weight is 343 g/mol. The number of nitrogens with one attached hydrogen (secondary N) is 2. The Morgan fingerprint density at radius 2 is 2.27 bits per heavy atom. The van der Waals surface area contributed by atoms with Gasteiger partial charge in [-0.2, -0.15) is 0 Å². The molecule has 124 valence electrons. The fourth-order valence-electron chi connectivity index (χ4n) is 2.43. The van der Waals surface area contributed by atoms with E-state index in [1.165, 1.54) is 0 Å². The molecular weight excluding hydrogens is 316 g/mol. The monoisotopic (exact) mass is 342 g/mol. The van der Waals surface area contributed by atoms with Crippen LogP contribution in [0, 0.1) is 0 Å². The predicted octanol–water partition coefficient (Wildman–Crippen LogP) is 2.48. The molecule has 0 bridgehead atoms. The number of nitrogens with zero attached hydrogens (tertiary/aromatic N) is 2. The van der Waals surface area contributed by atoms with Crippen LogP contribution in [0.2, 0.25) is 0 Å². The van der Waals surface area contributed by atoms with E-state index in [4.69, 9.17) is 0 Å². The molecular formula is C15H26N4OS2. The van der Waals surface area contributed by atoms with Crippen LogP contribution in [0.4, 0.5) is 0 Å². The molecule has 7 heteroatoms. The largest absolute Gasteiger partial charge is 0.393 e. The number of aliphatic hydroxyl groups is 1. The van der Waals surface area contributed by atoms with Crippen molar-refractivity contribution in [2.75, 3.05) is 18.8 Å². The van der Waals surface area contributed by atoms with Crippen LogP contribution >= 0.6 is 23.1 Å². The Morgan fingerprint density at radius 1 is 1.45 bits per heavy atom. The zero-order chi connectivity index (χ0) is 15.6. The molecule has 1 aliphatic carbocycles. The Morgan fingerprint density at radius 3 is 2.95 bits per heavy atom. The van der Waals surface area contributed by atoms with Crippen LogP contribution in [0.5, 0.6) is 0 Å². The van der Waals surface area contributed by atoms with E-state index in [-0.39, 0.29) is 6.10 Å². The van der Waals surface area contributed by atoms with Crippen molar-refractivity contribution < 1.29 is 5.11 Å². The number of aliphatic hydroxyl groups excluding tert-OH is 1. The van der Waals surface area contributed by atoms with Gasteiger partial charge in [0, 0.05) is 36.5 Å². The molecule has 0 unspecified atom stereocenters. The number of thiazole rings is 1. The van der Waals surface area contributed by atoms with Crippen LogP contribution in [0.1, 0.15) is 39.0 Å². The molecule has 1 fully saturated rings. The van der Waals surface area contributed by atoms with Gasteiger partial charge in [0.25, 0.3) is 0 Å². The minimum Gasteiger partial charge on any atom is -0.393 e. The van der Waals surface area contributed by atoms with Crippen molar-refractivity contribution in [2.45, 2.75) is 55.5 Å². The summed E-state index contributed by atoms with van der Waals surface area (Å²) in [4.78, 5) is 8.91. The summed E-state index contributed by atoms with van der Waals surface area (Å²) >= 11 is 3.49. The molecule has 1 aromatic heterocycles. The standard InChI is InChI=1S/C15H26N4OS2/c1-2-16-14(19-12-4-6-13(20)7-5-12)17-8-3-10-21-15-18-9-11-22-15/h9,11-13,20H,2-8,10H2,1H3,(H2,16,17,19). The van der Waals surface area contributed by atoms with Crippen LogP contribution < -0.4 is 10.6 Å².